The lowest BCUT2D eigenvalue weighted by Crippen LogP contribution is -2.42. The maximum absolute atomic E-state index is 11.3. The second-order valence-corrected chi connectivity index (χ2v) is 8.12. The molecular weight excluding hydrogens is 350 g/mol. The predicted octanol–water partition coefficient (Wildman–Crippen LogP) is 0.730. The molecule has 1 aromatic carbocycles. The molecule has 138 valence electrons. The summed E-state index contributed by atoms with van der Waals surface area (Å²) >= 11 is 0. The summed E-state index contributed by atoms with van der Waals surface area (Å²) in [7, 11) is -3.70. The normalized spacial score (nSPS) is 18.5. The van der Waals surface area contributed by atoms with Gasteiger partial charge in [0.2, 0.25) is 12.1 Å². The molecule has 3 rings (SSSR count). The van der Waals surface area contributed by atoms with Gasteiger partial charge in [0.1, 0.15) is 0 Å². The third kappa shape index (κ3) is 3.96. The van der Waals surface area contributed by atoms with Crippen LogP contribution in [0, 0.1) is 26.3 Å². The van der Waals surface area contributed by atoms with Crippen LogP contribution in [0.4, 0.5) is 5.82 Å². The molecule has 2 aromatic rings. The Labute approximate surface area is 154 Å². The SMILES string of the molecule is C#C[n+]1cnc2cc(C)c(C)cc2c1N1CCCC(NS(N)(=O)=O)CC1. The fourth-order valence-corrected chi connectivity index (χ4v) is 4.17. The fraction of sp³-hybridized carbons (Fsp3) is 0.444. The number of benzene rings is 1. The van der Waals surface area contributed by atoms with Gasteiger partial charge in [0, 0.05) is 6.04 Å². The van der Waals surface area contributed by atoms with Crippen LogP contribution in [0.5, 0.6) is 0 Å². The molecule has 0 amide bonds. The lowest BCUT2D eigenvalue weighted by molar-refractivity contribution is -0.572. The van der Waals surface area contributed by atoms with Gasteiger partial charge in [0.05, 0.1) is 24.5 Å². The highest BCUT2D eigenvalue weighted by Gasteiger charge is 2.27. The molecular formula is C18H24N5O2S+. The molecule has 0 bridgehead atoms. The lowest BCUT2D eigenvalue weighted by Gasteiger charge is -2.20. The standard InChI is InChI=1S/C18H24N5O2S/c1-4-22-12-20-17-11-14(3)13(2)10-16(17)18(22)23-8-5-6-15(7-9-23)21-26(19,24)25/h1,10-12,15,21H,5-9H2,2-3H3,(H2,19,24,25)/q+1. The van der Waals surface area contributed by atoms with Crippen LogP contribution in [0.25, 0.3) is 10.9 Å². The summed E-state index contributed by atoms with van der Waals surface area (Å²) in [4.78, 5) is 6.69. The molecule has 1 saturated heterocycles. The van der Waals surface area contributed by atoms with E-state index in [4.69, 9.17) is 11.6 Å². The van der Waals surface area contributed by atoms with E-state index in [0.29, 0.717) is 13.0 Å². The molecule has 1 fully saturated rings. The molecule has 3 N–H and O–H groups in total. The number of aromatic nitrogens is 2. The van der Waals surface area contributed by atoms with E-state index < -0.39 is 10.2 Å². The summed E-state index contributed by atoms with van der Waals surface area (Å²) in [6, 6.07) is 6.69. The van der Waals surface area contributed by atoms with E-state index in [2.05, 4.69) is 46.6 Å². The number of nitrogens with two attached hydrogens (primary N) is 1. The fourth-order valence-electron chi connectivity index (χ4n) is 3.47. The molecule has 0 aliphatic carbocycles. The Morgan fingerprint density at radius 1 is 1.31 bits per heavy atom. The number of anilines is 1. The highest BCUT2D eigenvalue weighted by atomic mass is 32.2. The largest absolute Gasteiger partial charge is 0.291 e. The summed E-state index contributed by atoms with van der Waals surface area (Å²) in [6.07, 6.45) is 9.61. The van der Waals surface area contributed by atoms with Crippen molar-refractivity contribution in [2.24, 2.45) is 5.14 Å². The van der Waals surface area contributed by atoms with Crippen molar-refractivity contribution in [3.8, 4) is 12.5 Å². The first kappa shape index (κ1) is 18.6. The average Bonchev–Trinajstić information content (AvgIpc) is 2.79. The van der Waals surface area contributed by atoms with Crippen molar-refractivity contribution in [3.05, 3.63) is 29.6 Å². The molecule has 0 spiro atoms. The van der Waals surface area contributed by atoms with E-state index in [1.807, 2.05) is 0 Å². The Hall–Kier alpha value is -2.21. The summed E-state index contributed by atoms with van der Waals surface area (Å²) in [5.41, 5.74) is 3.26. The van der Waals surface area contributed by atoms with Crippen LogP contribution in [0.1, 0.15) is 30.4 Å². The van der Waals surface area contributed by atoms with Gasteiger partial charge in [0.25, 0.3) is 10.2 Å². The van der Waals surface area contributed by atoms with Crippen LogP contribution < -0.4 is 19.3 Å². The zero-order valence-electron chi connectivity index (χ0n) is 15.1. The first-order valence-electron chi connectivity index (χ1n) is 8.61. The second kappa shape index (κ2) is 7.19. The van der Waals surface area contributed by atoms with Crippen molar-refractivity contribution in [1.29, 1.82) is 0 Å². The van der Waals surface area contributed by atoms with E-state index in [1.165, 1.54) is 11.1 Å². The van der Waals surface area contributed by atoms with Gasteiger partial charge in [-0.05, 0) is 56.4 Å². The summed E-state index contributed by atoms with van der Waals surface area (Å²) in [6.45, 7) is 5.60. The number of terminal acetylenes is 1. The van der Waals surface area contributed by atoms with Crippen molar-refractivity contribution in [2.75, 3.05) is 18.0 Å². The zero-order valence-corrected chi connectivity index (χ0v) is 15.9. The molecule has 0 saturated carbocycles. The van der Waals surface area contributed by atoms with Gasteiger partial charge in [-0.25, -0.2) is 5.14 Å². The van der Waals surface area contributed by atoms with Crippen molar-refractivity contribution >= 4 is 26.9 Å². The molecule has 2 heterocycles. The summed E-state index contributed by atoms with van der Waals surface area (Å²) < 4.78 is 26.9. The maximum Gasteiger partial charge on any atom is 0.274 e. The van der Waals surface area contributed by atoms with E-state index in [1.54, 1.807) is 10.9 Å². The minimum absolute atomic E-state index is 0.161. The zero-order chi connectivity index (χ0) is 18.9. The van der Waals surface area contributed by atoms with E-state index >= 15 is 0 Å². The Kier molecular flexibility index (Phi) is 5.14. The van der Waals surface area contributed by atoms with Gasteiger partial charge in [-0.15, -0.1) is 4.98 Å². The van der Waals surface area contributed by atoms with Gasteiger partial charge in [0.15, 0.2) is 5.52 Å². The third-order valence-corrected chi connectivity index (χ3v) is 5.55. The Bertz CT molecular complexity index is 981. The van der Waals surface area contributed by atoms with Crippen LogP contribution in [0.3, 0.4) is 0 Å². The minimum atomic E-state index is -3.70. The number of rotatable bonds is 3. The van der Waals surface area contributed by atoms with Crippen LogP contribution in [-0.2, 0) is 10.2 Å². The van der Waals surface area contributed by atoms with E-state index in [-0.39, 0.29) is 6.04 Å². The van der Waals surface area contributed by atoms with Gasteiger partial charge in [-0.2, -0.15) is 17.7 Å². The molecule has 0 radical (unpaired) electrons. The number of aryl methyl sites for hydroxylation is 2. The number of hydrogen-bond acceptors (Lipinski definition) is 4. The molecule has 1 aliphatic rings. The quantitative estimate of drug-likeness (QED) is 0.612. The first-order chi connectivity index (χ1) is 12.3. The highest BCUT2D eigenvalue weighted by molar-refractivity contribution is 7.87. The maximum atomic E-state index is 11.3. The molecule has 1 unspecified atom stereocenters. The van der Waals surface area contributed by atoms with Crippen LogP contribution in [0.15, 0.2) is 18.5 Å². The van der Waals surface area contributed by atoms with E-state index in [9.17, 15) is 8.42 Å². The molecule has 7 nitrogen and oxygen atoms in total. The first-order valence-corrected chi connectivity index (χ1v) is 10.2. The average molecular weight is 374 g/mol. The molecule has 1 aliphatic heterocycles. The minimum Gasteiger partial charge on any atom is -0.291 e. The lowest BCUT2D eigenvalue weighted by atomic mass is 10.1. The smallest absolute Gasteiger partial charge is 0.274 e. The van der Waals surface area contributed by atoms with Crippen LogP contribution in [-0.4, -0.2) is 32.5 Å². The predicted molar refractivity (Wildman–Crippen MR) is 102 cm³/mol. The highest BCUT2D eigenvalue weighted by Crippen LogP contribution is 2.26. The summed E-state index contributed by atoms with van der Waals surface area (Å²) in [5, 5.41) is 6.13. The van der Waals surface area contributed by atoms with Gasteiger partial charge in [-0.1, -0.05) is 6.42 Å². The van der Waals surface area contributed by atoms with Crippen molar-refractivity contribution < 1.29 is 13.0 Å². The molecule has 26 heavy (non-hydrogen) atoms. The monoisotopic (exact) mass is 374 g/mol. The number of hydrogen-bond donors (Lipinski definition) is 2. The van der Waals surface area contributed by atoms with Crippen LogP contribution >= 0.6 is 0 Å². The third-order valence-electron chi connectivity index (χ3n) is 4.89. The van der Waals surface area contributed by atoms with Crippen molar-refractivity contribution in [2.45, 2.75) is 39.2 Å². The number of nitrogens with zero attached hydrogens (tertiary/aromatic N) is 3. The molecule has 1 atom stereocenters. The Morgan fingerprint density at radius 2 is 2.04 bits per heavy atom. The number of fused-ring (bicyclic) bond motifs is 1. The summed E-state index contributed by atoms with van der Waals surface area (Å²) in [5.74, 6) is 0.928. The second-order valence-electron chi connectivity index (χ2n) is 6.80. The van der Waals surface area contributed by atoms with Gasteiger partial charge >= 0.3 is 0 Å². The van der Waals surface area contributed by atoms with E-state index in [0.717, 1.165) is 36.1 Å². The van der Waals surface area contributed by atoms with Crippen molar-refractivity contribution in [1.82, 2.24) is 9.71 Å². The molecule has 8 heteroatoms. The topological polar surface area (TPSA) is 92.2 Å². The number of nitrogens with one attached hydrogen (secondary N) is 1. The van der Waals surface area contributed by atoms with Gasteiger partial charge in [-0.3, -0.25) is 4.90 Å². The molecule has 1 aromatic heterocycles. The van der Waals surface area contributed by atoms with Crippen LogP contribution in [0.2, 0.25) is 0 Å². The van der Waals surface area contributed by atoms with Gasteiger partial charge < -0.3 is 0 Å². The van der Waals surface area contributed by atoms with Crippen molar-refractivity contribution in [3.63, 3.8) is 0 Å². The Balaban J connectivity index is 1.99. The Morgan fingerprint density at radius 3 is 2.73 bits per heavy atom.